The van der Waals surface area contributed by atoms with E-state index in [0.717, 1.165) is 37.1 Å². The molecule has 39 heavy (non-hydrogen) atoms. The smallest absolute Gasteiger partial charge is 0.306 e. The van der Waals surface area contributed by atoms with Gasteiger partial charge in [-0.25, -0.2) is 4.39 Å². The number of nitrogens with zero attached hydrogens (tertiary/aromatic N) is 1. The van der Waals surface area contributed by atoms with E-state index in [1.165, 1.54) is 13.2 Å². The summed E-state index contributed by atoms with van der Waals surface area (Å²) in [7, 11) is 1.37. The topological polar surface area (TPSA) is 74.3 Å². The van der Waals surface area contributed by atoms with E-state index in [9.17, 15) is 9.59 Å². The summed E-state index contributed by atoms with van der Waals surface area (Å²) in [6, 6.07) is 15.7. The van der Waals surface area contributed by atoms with Crippen LogP contribution in [0.2, 0.25) is 0 Å². The van der Waals surface area contributed by atoms with Crippen LogP contribution in [-0.4, -0.2) is 43.6 Å². The van der Waals surface area contributed by atoms with E-state index in [-0.39, 0.29) is 30.0 Å². The van der Waals surface area contributed by atoms with Crippen LogP contribution in [0.5, 0.6) is 23.0 Å². The Morgan fingerprint density at radius 1 is 1.03 bits per heavy atom. The predicted octanol–water partition coefficient (Wildman–Crippen LogP) is 5.96. The van der Waals surface area contributed by atoms with Gasteiger partial charge >= 0.3 is 5.97 Å². The molecule has 0 saturated carbocycles. The molecule has 3 aliphatic rings. The van der Waals surface area contributed by atoms with Crippen LogP contribution in [0.3, 0.4) is 0 Å². The Morgan fingerprint density at radius 3 is 2.56 bits per heavy atom. The van der Waals surface area contributed by atoms with Gasteiger partial charge in [0.1, 0.15) is 34.9 Å². The maximum Gasteiger partial charge on any atom is 0.306 e. The molecule has 1 amide bonds. The lowest BCUT2D eigenvalue weighted by molar-refractivity contribution is -0.141. The molecule has 0 radical (unpaired) electrons. The Hall–Kier alpha value is -4.07. The number of carbonyl (C=O) groups is 2. The Kier molecular flexibility index (Phi) is 6.85. The van der Waals surface area contributed by atoms with Crippen molar-refractivity contribution in [2.24, 2.45) is 0 Å². The van der Waals surface area contributed by atoms with Crippen LogP contribution in [0, 0.1) is 5.82 Å². The zero-order chi connectivity index (χ0) is 26.9. The van der Waals surface area contributed by atoms with Crippen molar-refractivity contribution in [2.45, 2.75) is 44.1 Å². The molecule has 202 valence electrons. The lowest BCUT2D eigenvalue weighted by Crippen LogP contribution is -2.27. The highest BCUT2D eigenvalue weighted by molar-refractivity contribution is 5.94. The minimum absolute atomic E-state index is 0.0395. The van der Waals surface area contributed by atoms with Crippen LogP contribution in [0.15, 0.2) is 54.6 Å². The number of hydrogen-bond acceptors (Lipinski definition) is 6. The SMILES string of the molecule is COC(=O)CC1COc2cc(O[C@@H]3CCc4c(Oc5ccc(C(=O)N6CCCC6)cc5)ccc(F)c43)ccc21. The lowest BCUT2D eigenvalue weighted by Gasteiger charge is -2.18. The Bertz CT molecular complexity index is 1400. The maximum atomic E-state index is 15.0. The van der Waals surface area contributed by atoms with Crippen molar-refractivity contribution in [3.63, 3.8) is 0 Å². The fourth-order valence-electron chi connectivity index (χ4n) is 5.70. The van der Waals surface area contributed by atoms with Crippen molar-refractivity contribution < 1.29 is 32.9 Å². The molecule has 0 N–H and O–H groups in total. The van der Waals surface area contributed by atoms with E-state index in [4.69, 9.17) is 18.9 Å². The molecule has 2 atom stereocenters. The van der Waals surface area contributed by atoms with Gasteiger partial charge in [-0.15, -0.1) is 0 Å². The predicted molar refractivity (Wildman–Crippen MR) is 141 cm³/mol. The number of likely N-dealkylation sites (tertiary alicyclic amines) is 1. The molecule has 2 aliphatic heterocycles. The molecule has 7 nitrogen and oxygen atoms in total. The summed E-state index contributed by atoms with van der Waals surface area (Å²) in [5.41, 5.74) is 2.86. The number of halogens is 1. The third-order valence-corrected chi connectivity index (χ3v) is 7.75. The molecular formula is C31H30FNO6. The summed E-state index contributed by atoms with van der Waals surface area (Å²) < 4.78 is 38.0. The molecule has 1 saturated heterocycles. The molecule has 0 aromatic heterocycles. The van der Waals surface area contributed by atoms with Crippen LogP contribution in [-0.2, 0) is 16.0 Å². The zero-order valence-electron chi connectivity index (χ0n) is 21.8. The molecular weight excluding hydrogens is 501 g/mol. The van der Waals surface area contributed by atoms with E-state index in [0.29, 0.717) is 53.6 Å². The largest absolute Gasteiger partial charge is 0.492 e. The van der Waals surface area contributed by atoms with Gasteiger partial charge in [-0.05, 0) is 68.1 Å². The second kappa shape index (κ2) is 10.6. The highest BCUT2D eigenvalue weighted by atomic mass is 19.1. The van der Waals surface area contributed by atoms with Gasteiger partial charge < -0.3 is 23.8 Å². The van der Waals surface area contributed by atoms with Crippen molar-refractivity contribution in [3.05, 3.63) is 82.7 Å². The monoisotopic (exact) mass is 531 g/mol. The number of carbonyl (C=O) groups excluding carboxylic acids is 2. The number of esters is 1. The van der Waals surface area contributed by atoms with Crippen LogP contribution >= 0.6 is 0 Å². The summed E-state index contributed by atoms with van der Waals surface area (Å²) in [5.74, 6) is 1.79. The average molecular weight is 532 g/mol. The Balaban J connectivity index is 1.16. The number of methoxy groups -OCH3 is 1. The molecule has 8 heteroatoms. The molecule has 3 aromatic rings. The van der Waals surface area contributed by atoms with Crippen molar-refractivity contribution in [3.8, 4) is 23.0 Å². The standard InChI is InChI=1S/C31H30FNO6/c1-36-29(34)16-20-18-37-28-17-22(8-9-23(20)28)39-27-12-10-24-26(13-11-25(32)30(24)27)38-21-6-4-19(5-7-21)31(35)33-14-2-3-15-33/h4-9,11,13,17,20,27H,2-3,10,12,14-16,18H2,1H3/t20?,27-/m1/s1. The number of benzene rings is 3. The number of ether oxygens (including phenoxy) is 4. The summed E-state index contributed by atoms with van der Waals surface area (Å²) in [4.78, 5) is 26.2. The fourth-order valence-corrected chi connectivity index (χ4v) is 5.70. The lowest BCUT2D eigenvalue weighted by atomic mass is 9.98. The maximum absolute atomic E-state index is 15.0. The van der Waals surface area contributed by atoms with Crippen molar-refractivity contribution in [1.29, 1.82) is 0 Å². The van der Waals surface area contributed by atoms with Gasteiger partial charge in [0.05, 0.1) is 20.1 Å². The first-order chi connectivity index (χ1) is 19.0. The third-order valence-electron chi connectivity index (χ3n) is 7.75. The normalized spacial score (nSPS) is 19.3. The van der Waals surface area contributed by atoms with Crippen molar-refractivity contribution in [2.75, 3.05) is 26.8 Å². The quantitative estimate of drug-likeness (QED) is 0.350. The number of amides is 1. The second-order valence-corrected chi connectivity index (χ2v) is 10.2. The van der Waals surface area contributed by atoms with Crippen LogP contribution in [0.4, 0.5) is 4.39 Å². The molecule has 0 spiro atoms. The molecule has 6 rings (SSSR count). The van der Waals surface area contributed by atoms with E-state index in [2.05, 4.69) is 0 Å². The zero-order valence-corrected chi connectivity index (χ0v) is 21.8. The molecule has 1 unspecified atom stereocenters. The Morgan fingerprint density at radius 2 is 1.79 bits per heavy atom. The van der Waals surface area contributed by atoms with E-state index >= 15 is 4.39 Å². The molecule has 0 bridgehead atoms. The Labute approximate surface area is 226 Å². The van der Waals surface area contributed by atoms with Crippen molar-refractivity contribution >= 4 is 11.9 Å². The van der Waals surface area contributed by atoms with Gasteiger partial charge in [0.2, 0.25) is 0 Å². The number of hydrogen-bond donors (Lipinski definition) is 0. The third kappa shape index (κ3) is 5.03. The molecule has 1 fully saturated rings. The first kappa shape index (κ1) is 25.2. The molecule has 1 aliphatic carbocycles. The van der Waals surface area contributed by atoms with E-state index in [1.807, 2.05) is 17.0 Å². The highest BCUT2D eigenvalue weighted by Crippen LogP contribution is 2.44. The van der Waals surface area contributed by atoms with Gasteiger partial charge in [-0.1, -0.05) is 6.07 Å². The van der Waals surface area contributed by atoms with E-state index < -0.39 is 6.10 Å². The average Bonchev–Trinajstić information content (AvgIpc) is 3.72. The molecule has 3 aromatic carbocycles. The summed E-state index contributed by atoms with van der Waals surface area (Å²) in [6.45, 7) is 2.01. The molecule has 2 heterocycles. The van der Waals surface area contributed by atoms with Gasteiger partial charge in [0.25, 0.3) is 5.91 Å². The van der Waals surface area contributed by atoms with Crippen molar-refractivity contribution in [1.82, 2.24) is 4.90 Å². The summed E-state index contributed by atoms with van der Waals surface area (Å²) in [6.07, 6.45) is 3.11. The number of rotatable bonds is 7. The fraction of sp³-hybridized carbons (Fsp3) is 0.355. The minimum atomic E-state index is -0.464. The summed E-state index contributed by atoms with van der Waals surface area (Å²) >= 11 is 0. The van der Waals surface area contributed by atoms with Gasteiger partial charge in [-0.3, -0.25) is 9.59 Å². The summed E-state index contributed by atoms with van der Waals surface area (Å²) in [5, 5.41) is 0. The van der Waals surface area contributed by atoms with E-state index in [1.54, 1.807) is 36.4 Å². The van der Waals surface area contributed by atoms with Gasteiger partial charge in [0, 0.05) is 47.3 Å². The van der Waals surface area contributed by atoms with Gasteiger partial charge in [0.15, 0.2) is 0 Å². The first-order valence-corrected chi connectivity index (χ1v) is 13.4. The van der Waals surface area contributed by atoms with Gasteiger partial charge in [-0.2, -0.15) is 0 Å². The number of fused-ring (bicyclic) bond motifs is 2. The first-order valence-electron chi connectivity index (χ1n) is 13.4. The highest BCUT2D eigenvalue weighted by Gasteiger charge is 2.32. The van der Waals surface area contributed by atoms with Crippen LogP contribution in [0.25, 0.3) is 0 Å². The van der Waals surface area contributed by atoms with Crippen LogP contribution < -0.4 is 14.2 Å². The van der Waals surface area contributed by atoms with Crippen LogP contribution in [0.1, 0.15) is 64.8 Å². The second-order valence-electron chi connectivity index (χ2n) is 10.2. The minimum Gasteiger partial charge on any atom is -0.492 e.